The Morgan fingerprint density at radius 2 is 1.93 bits per heavy atom. The molecule has 30 heavy (non-hydrogen) atoms. The van der Waals surface area contributed by atoms with Gasteiger partial charge in [0, 0.05) is 5.69 Å². The Morgan fingerprint density at radius 1 is 1.17 bits per heavy atom. The highest BCUT2D eigenvalue weighted by atomic mass is 32.2. The number of fused-ring (bicyclic) bond motifs is 1. The summed E-state index contributed by atoms with van der Waals surface area (Å²) in [5.74, 6) is -0.727. The molecular weight excluding hydrogens is 421 g/mol. The number of nitrogens with zero attached hydrogens (tertiary/aromatic N) is 2. The van der Waals surface area contributed by atoms with Crippen molar-refractivity contribution in [1.29, 1.82) is 0 Å². The van der Waals surface area contributed by atoms with E-state index < -0.39 is 5.82 Å². The molecule has 0 saturated heterocycles. The van der Waals surface area contributed by atoms with Gasteiger partial charge in [-0.25, -0.2) is 9.37 Å². The fourth-order valence-electron chi connectivity index (χ4n) is 2.99. The summed E-state index contributed by atoms with van der Waals surface area (Å²) in [6, 6.07) is 15.4. The van der Waals surface area contributed by atoms with E-state index in [4.69, 9.17) is 0 Å². The molecule has 2 aromatic heterocycles. The summed E-state index contributed by atoms with van der Waals surface area (Å²) >= 11 is 2.36. The first-order chi connectivity index (χ1) is 14.6. The number of hydrogen-bond acceptors (Lipinski definition) is 5. The summed E-state index contributed by atoms with van der Waals surface area (Å²) in [6.07, 6.45) is 0.925. The van der Waals surface area contributed by atoms with Crippen molar-refractivity contribution in [3.8, 4) is 5.69 Å². The number of carbonyl (C=O) groups excluding carboxylic acids is 1. The zero-order chi connectivity index (χ0) is 21.1. The topological polar surface area (TPSA) is 64.0 Å². The quantitative estimate of drug-likeness (QED) is 0.344. The van der Waals surface area contributed by atoms with Gasteiger partial charge in [-0.1, -0.05) is 43.0 Å². The van der Waals surface area contributed by atoms with Crippen LogP contribution in [0.5, 0.6) is 0 Å². The number of nitrogens with one attached hydrogen (secondary N) is 1. The molecule has 4 aromatic rings. The van der Waals surface area contributed by atoms with Gasteiger partial charge in [0.25, 0.3) is 5.56 Å². The van der Waals surface area contributed by atoms with Gasteiger partial charge in [-0.2, -0.15) is 0 Å². The second-order valence-electron chi connectivity index (χ2n) is 6.51. The first kappa shape index (κ1) is 20.3. The van der Waals surface area contributed by atoms with Gasteiger partial charge in [0.1, 0.15) is 10.5 Å². The molecule has 1 N–H and O–H groups in total. The Bertz CT molecular complexity index is 1270. The summed E-state index contributed by atoms with van der Waals surface area (Å²) in [5, 5.41) is 4.87. The molecule has 4 rings (SSSR count). The second kappa shape index (κ2) is 8.81. The molecule has 8 heteroatoms. The molecule has 0 fully saturated rings. The van der Waals surface area contributed by atoms with E-state index in [2.05, 4.69) is 17.2 Å². The average Bonchev–Trinajstić information content (AvgIpc) is 3.23. The maximum absolute atomic E-state index is 14.4. The minimum atomic E-state index is -0.528. The largest absolute Gasteiger partial charge is 0.325 e. The second-order valence-corrected chi connectivity index (χ2v) is 8.37. The lowest BCUT2D eigenvalue weighted by molar-refractivity contribution is -0.113. The van der Waals surface area contributed by atoms with E-state index >= 15 is 0 Å². The Balaban J connectivity index is 1.61. The smallest absolute Gasteiger partial charge is 0.276 e. The predicted octanol–water partition coefficient (Wildman–Crippen LogP) is 4.88. The number of para-hydroxylation sites is 1. The van der Waals surface area contributed by atoms with Crippen molar-refractivity contribution in [2.75, 3.05) is 11.1 Å². The van der Waals surface area contributed by atoms with Crippen LogP contribution < -0.4 is 10.9 Å². The number of aryl methyl sites for hydroxylation is 1. The highest BCUT2D eigenvalue weighted by Crippen LogP contribution is 2.25. The summed E-state index contributed by atoms with van der Waals surface area (Å²) in [6.45, 7) is 2.07. The molecule has 0 atom stereocenters. The fourth-order valence-corrected chi connectivity index (χ4v) is 4.55. The maximum atomic E-state index is 14.4. The highest BCUT2D eigenvalue weighted by Gasteiger charge is 2.17. The van der Waals surface area contributed by atoms with Crippen LogP contribution >= 0.6 is 23.1 Å². The number of carbonyl (C=O) groups is 1. The van der Waals surface area contributed by atoms with E-state index in [1.807, 2.05) is 24.3 Å². The number of anilines is 1. The molecule has 0 aliphatic rings. The van der Waals surface area contributed by atoms with E-state index in [-0.39, 0.29) is 28.1 Å². The van der Waals surface area contributed by atoms with Gasteiger partial charge in [0.15, 0.2) is 5.16 Å². The molecule has 2 aromatic carbocycles. The molecule has 2 heterocycles. The molecule has 152 valence electrons. The van der Waals surface area contributed by atoms with Gasteiger partial charge in [-0.3, -0.25) is 14.2 Å². The van der Waals surface area contributed by atoms with Crippen LogP contribution in [-0.2, 0) is 11.2 Å². The van der Waals surface area contributed by atoms with Crippen molar-refractivity contribution in [3.05, 3.63) is 81.7 Å². The van der Waals surface area contributed by atoms with Gasteiger partial charge < -0.3 is 5.32 Å². The number of rotatable bonds is 6. The van der Waals surface area contributed by atoms with Crippen molar-refractivity contribution in [2.24, 2.45) is 0 Å². The number of hydrogen-bond donors (Lipinski definition) is 1. The van der Waals surface area contributed by atoms with Crippen LogP contribution in [0.25, 0.3) is 15.9 Å². The van der Waals surface area contributed by atoms with E-state index in [0.717, 1.165) is 18.2 Å². The molecule has 0 aliphatic carbocycles. The van der Waals surface area contributed by atoms with Crippen molar-refractivity contribution < 1.29 is 9.18 Å². The van der Waals surface area contributed by atoms with Gasteiger partial charge in [-0.05, 0) is 47.7 Å². The molecule has 0 aliphatic heterocycles. The normalized spacial score (nSPS) is 11.0. The van der Waals surface area contributed by atoms with E-state index in [0.29, 0.717) is 15.9 Å². The predicted molar refractivity (Wildman–Crippen MR) is 120 cm³/mol. The Kier molecular flexibility index (Phi) is 5.96. The van der Waals surface area contributed by atoms with Crippen LogP contribution in [0, 0.1) is 5.82 Å². The lowest BCUT2D eigenvalue weighted by Gasteiger charge is -2.13. The Hall–Kier alpha value is -2.97. The monoisotopic (exact) mass is 439 g/mol. The van der Waals surface area contributed by atoms with Crippen LogP contribution in [0.3, 0.4) is 0 Å². The SMILES string of the molecule is CCc1ccc(NC(=O)CSc2nc3ccsc3c(=O)n2-c2ccccc2F)cc1. The number of aromatic nitrogens is 2. The lowest BCUT2D eigenvalue weighted by atomic mass is 10.1. The zero-order valence-corrected chi connectivity index (χ0v) is 17.7. The number of benzene rings is 2. The van der Waals surface area contributed by atoms with E-state index in [1.165, 1.54) is 33.6 Å². The molecule has 0 unspecified atom stereocenters. The lowest BCUT2D eigenvalue weighted by Crippen LogP contribution is -2.23. The van der Waals surface area contributed by atoms with Crippen LogP contribution in [-0.4, -0.2) is 21.2 Å². The fraction of sp³-hybridized carbons (Fsp3) is 0.136. The molecule has 5 nitrogen and oxygen atoms in total. The third-order valence-corrected chi connectivity index (χ3v) is 6.35. The summed E-state index contributed by atoms with van der Waals surface area (Å²) in [5.41, 5.74) is 2.19. The van der Waals surface area contributed by atoms with Gasteiger partial charge in [-0.15, -0.1) is 11.3 Å². The minimum absolute atomic E-state index is 0.0338. The first-order valence-electron chi connectivity index (χ1n) is 9.33. The Morgan fingerprint density at radius 3 is 2.67 bits per heavy atom. The Labute approximate surface area is 180 Å². The van der Waals surface area contributed by atoms with Gasteiger partial charge in [0.05, 0.1) is 17.0 Å². The maximum Gasteiger partial charge on any atom is 0.276 e. The number of thioether (sulfide) groups is 1. The third kappa shape index (κ3) is 4.15. The molecule has 1 amide bonds. The summed E-state index contributed by atoms with van der Waals surface area (Å²) in [7, 11) is 0. The molecule has 0 radical (unpaired) electrons. The molecule has 0 spiro atoms. The standard InChI is InChI=1S/C22H18FN3O2S2/c1-2-14-7-9-15(10-8-14)24-19(27)13-30-22-25-17-11-12-29-20(17)21(28)26(22)18-6-4-3-5-16(18)23/h3-12H,2,13H2,1H3,(H,24,27). The van der Waals surface area contributed by atoms with Gasteiger partial charge >= 0.3 is 0 Å². The molecule has 0 saturated carbocycles. The van der Waals surface area contributed by atoms with Crippen molar-refractivity contribution in [2.45, 2.75) is 18.5 Å². The van der Waals surface area contributed by atoms with Crippen molar-refractivity contribution in [3.63, 3.8) is 0 Å². The van der Waals surface area contributed by atoms with Crippen molar-refractivity contribution >= 4 is 44.9 Å². The van der Waals surface area contributed by atoms with Crippen LogP contribution in [0.4, 0.5) is 10.1 Å². The number of thiophene rings is 1. The number of halogens is 1. The molecule has 0 bridgehead atoms. The van der Waals surface area contributed by atoms with Crippen LogP contribution in [0.1, 0.15) is 12.5 Å². The van der Waals surface area contributed by atoms with Crippen molar-refractivity contribution in [1.82, 2.24) is 9.55 Å². The van der Waals surface area contributed by atoms with E-state index in [1.54, 1.807) is 23.6 Å². The minimum Gasteiger partial charge on any atom is -0.325 e. The van der Waals surface area contributed by atoms with Crippen LogP contribution in [0.2, 0.25) is 0 Å². The third-order valence-electron chi connectivity index (χ3n) is 4.52. The van der Waals surface area contributed by atoms with E-state index in [9.17, 15) is 14.0 Å². The summed E-state index contributed by atoms with van der Waals surface area (Å²) in [4.78, 5) is 30.0. The van der Waals surface area contributed by atoms with Crippen LogP contribution in [0.15, 0.2) is 69.9 Å². The zero-order valence-electron chi connectivity index (χ0n) is 16.1. The van der Waals surface area contributed by atoms with Gasteiger partial charge in [0.2, 0.25) is 5.91 Å². The number of amides is 1. The highest BCUT2D eigenvalue weighted by molar-refractivity contribution is 7.99. The molecular formula is C22H18FN3O2S2. The summed E-state index contributed by atoms with van der Waals surface area (Å²) < 4.78 is 16.1. The first-order valence-corrected chi connectivity index (χ1v) is 11.2. The average molecular weight is 440 g/mol.